The van der Waals surface area contributed by atoms with Gasteiger partial charge in [0.15, 0.2) is 0 Å². The van der Waals surface area contributed by atoms with Crippen LogP contribution in [0, 0.1) is 5.92 Å². The van der Waals surface area contributed by atoms with E-state index in [0.717, 1.165) is 18.4 Å². The molecule has 1 aromatic carbocycles. The Balaban J connectivity index is 2.18. The number of nitrogens with zero attached hydrogens (tertiary/aromatic N) is 1. The third-order valence-corrected chi connectivity index (χ3v) is 3.41. The molecule has 1 aliphatic carbocycles. The highest BCUT2D eigenvalue weighted by Gasteiger charge is 2.42. The molecule has 5 nitrogen and oxygen atoms in total. The molecule has 1 atom stereocenters. The van der Waals surface area contributed by atoms with Crippen LogP contribution in [0.2, 0.25) is 0 Å². The molecule has 0 bridgehead atoms. The van der Waals surface area contributed by atoms with Gasteiger partial charge in [0.2, 0.25) is 0 Å². The maximum absolute atomic E-state index is 12.2. The Morgan fingerprint density at radius 3 is 2.57 bits per heavy atom. The topological polar surface area (TPSA) is 66.8 Å². The van der Waals surface area contributed by atoms with E-state index < -0.39 is 18.1 Å². The molecule has 2 rings (SSSR count). The summed E-state index contributed by atoms with van der Waals surface area (Å²) >= 11 is 0. The number of carboxylic acids is 1. The fourth-order valence-corrected chi connectivity index (χ4v) is 2.27. The summed E-state index contributed by atoms with van der Waals surface area (Å²) in [7, 11) is 0. The number of benzene rings is 1. The number of rotatable bonds is 7. The molecule has 112 valence electrons. The van der Waals surface area contributed by atoms with Gasteiger partial charge in [-0.25, -0.2) is 9.59 Å². The van der Waals surface area contributed by atoms with Gasteiger partial charge < -0.3 is 9.84 Å². The number of carbonyl (C=O) groups is 2. The number of amides is 1. The first-order valence-electron chi connectivity index (χ1n) is 6.94. The lowest BCUT2D eigenvalue weighted by Crippen LogP contribution is -2.46. The monoisotopic (exact) mass is 289 g/mol. The minimum atomic E-state index is -0.982. The lowest BCUT2D eigenvalue weighted by atomic mass is 10.1. The predicted molar refractivity (Wildman–Crippen MR) is 77.7 cm³/mol. The molecule has 0 aromatic heterocycles. The van der Waals surface area contributed by atoms with Crippen LogP contribution < -0.4 is 0 Å². The van der Waals surface area contributed by atoms with Gasteiger partial charge in [-0.2, -0.15) is 0 Å². The first kappa shape index (κ1) is 15.1. The number of ether oxygens (including phenoxy) is 1. The van der Waals surface area contributed by atoms with Gasteiger partial charge in [-0.05, 0) is 24.3 Å². The molecule has 0 aliphatic heterocycles. The summed E-state index contributed by atoms with van der Waals surface area (Å²) in [6.07, 6.45) is 2.51. The quantitative estimate of drug-likeness (QED) is 0.784. The molecule has 1 aliphatic rings. The van der Waals surface area contributed by atoms with Crippen LogP contribution in [0.5, 0.6) is 0 Å². The van der Waals surface area contributed by atoms with Crippen LogP contribution >= 0.6 is 0 Å². The molecule has 1 aromatic rings. The van der Waals surface area contributed by atoms with Crippen molar-refractivity contribution in [2.24, 2.45) is 5.92 Å². The Labute approximate surface area is 123 Å². The largest absolute Gasteiger partial charge is 0.480 e. The Morgan fingerprint density at radius 1 is 1.38 bits per heavy atom. The Hall–Kier alpha value is -2.30. The molecular formula is C16H19NO4. The second kappa shape index (κ2) is 6.92. The zero-order chi connectivity index (χ0) is 15.2. The van der Waals surface area contributed by atoms with Gasteiger partial charge in [0, 0.05) is 6.54 Å². The highest BCUT2D eigenvalue weighted by atomic mass is 16.6. The van der Waals surface area contributed by atoms with Crippen LogP contribution in [-0.4, -0.2) is 34.7 Å². The van der Waals surface area contributed by atoms with Gasteiger partial charge in [0.05, 0.1) is 0 Å². The number of hydrogen-bond acceptors (Lipinski definition) is 3. The lowest BCUT2D eigenvalue weighted by molar-refractivity contribution is -0.143. The molecule has 1 amide bonds. The SMILES string of the molecule is C=CCOC(=O)N(Cc1ccccc1)C(C(=O)O)C1CC1. The van der Waals surface area contributed by atoms with E-state index in [-0.39, 0.29) is 19.1 Å². The second-order valence-corrected chi connectivity index (χ2v) is 5.10. The molecule has 0 saturated heterocycles. The van der Waals surface area contributed by atoms with Crippen LogP contribution in [0.25, 0.3) is 0 Å². The summed E-state index contributed by atoms with van der Waals surface area (Å²) in [6, 6.07) is 8.48. The maximum atomic E-state index is 12.2. The van der Waals surface area contributed by atoms with Crippen molar-refractivity contribution in [1.82, 2.24) is 4.90 Å². The van der Waals surface area contributed by atoms with Gasteiger partial charge in [-0.15, -0.1) is 0 Å². The van der Waals surface area contributed by atoms with Crippen molar-refractivity contribution in [2.45, 2.75) is 25.4 Å². The summed E-state index contributed by atoms with van der Waals surface area (Å²) < 4.78 is 5.04. The van der Waals surface area contributed by atoms with Crippen molar-refractivity contribution in [3.8, 4) is 0 Å². The normalized spacial score (nSPS) is 15.0. The number of carbonyl (C=O) groups excluding carboxylic acids is 1. The van der Waals surface area contributed by atoms with Gasteiger partial charge in [-0.3, -0.25) is 4.90 Å². The standard InChI is InChI=1S/C16H19NO4/c1-2-10-21-16(20)17(11-12-6-4-3-5-7-12)14(15(18)19)13-8-9-13/h2-7,13-14H,1,8-11H2,(H,18,19). The molecule has 1 unspecified atom stereocenters. The molecule has 1 fully saturated rings. The predicted octanol–water partition coefficient (Wildman–Crippen LogP) is 2.67. The Kier molecular flexibility index (Phi) is 4.98. The smallest absolute Gasteiger partial charge is 0.411 e. The van der Waals surface area contributed by atoms with Gasteiger partial charge in [0.1, 0.15) is 12.6 Å². The molecule has 0 spiro atoms. The average molecular weight is 289 g/mol. The van der Waals surface area contributed by atoms with E-state index in [9.17, 15) is 14.7 Å². The Morgan fingerprint density at radius 2 is 2.05 bits per heavy atom. The summed E-state index contributed by atoms with van der Waals surface area (Å²) in [5.41, 5.74) is 0.875. The van der Waals surface area contributed by atoms with Crippen LogP contribution in [0.1, 0.15) is 18.4 Å². The van der Waals surface area contributed by atoms with Crippen LogP contribution in [0.3, 0.4) is 0 Å². The maximum Gasteiger partial charge on any atom is 0.411 e. The summed E-state index contributed by atoms with van der Waals surface area (Å²) in [4.78, 5) is 25.0. The zero-order valence-electron chi connectivity index (χ0n) is 11.8. The molecular weight excluding hydrogens is 270 g/mol. The third kappa shape index (κ3) is 4.08. The first-order valence-corrected chi connectivity index (χ1v) is 6.94. The molecule has 0 heterocycles. The highest BCUT2D eigenvalue weighted by molar-refractivity contribution is 5.80. The molecule has 0 radical (unpaired) electrons. The third-order valence-electron chi connectivity index (χ3n) is 3.41. The van der Waals surface area contributed by atoms with Gasteiger partial charge in [0.25, 0.3) is 0 Å². The first-order chi connectivity index (χ1) is 10.1. The lowest BCUT2D eigenvalue weighted by Gasteiger charge is -2.28. The molecule has 21 heavy (non-hydrogen) atoms. The van der Waals surface area contributed by atoms with Crippen LogP contribution in [0.4, 0.5) is 4.79 Å². The van der Waals surface area contributed by atoms with E-state index in [2.05, 4.69) is 6.58 Å². The zero-order valence-corrected chi connectivity index (χ0v) is 11.8. The number of aliphatic carboxylic acids is 1. The van der Waals surface area contributed by atoms with E-state index in [1.165, 1.54) is 11.0 Å². The number of hydrogen-bond donors (Lipinski definition) is 1. The summed E-state index contributed by atoms with van der Waals surface area (Å²) in [6.45, 7) is 3.79. The van der Waals surface area contributed by atoms with Crippen LogP contribution in [0.15, 0.2) is 43.0 Å². The fourth-order valence-electron chi connectivity index (χ4n) is 2.27. The van der Waals surface area contributed by atoms with Gasteiger partial charge in [-0.1, -0.05) is 43.0 Å². The van der Waals surface area contributed by atoms with Crippen molar-refractivity contribution in [3.05, 3.63) is 48.6 Å². The van der Waals surface area contributed by atoms with Crippen molar-refractivity contribution in [2.75, 3.05) is 6.61 Å². The highest BCUT2D eigenvalue weighted by Crippen LogP contribution is 2.36. The average Bonchev–Trinajstić information content (AvgIpc) is 3.29. The van der Waals surface area contributed by atoms with Crippen LogP contribution in [-0.2, 0) is 16.1 Å². The summed E-state index contributed by atoms with van der Waals surface area (Å²) in [5.74, 6) is -0.966. The van der Waals surface area contributed by atoms with Crippen molar-refractivity contribution in [1.29, 1.82) is 0 Å². The second-order valence-electron chi connectivity index (χ2n) is 5.10. The number of carboxylic acid groups (broad SMARTS) is 1. The van der Waals surface area contributed by atoms with E-state index in [1.807, 2.05) is 30.3 Å². The molecule has 1 saturated carbocycles. The summed E-state index contributed by atoms with van der Waals surface area (Å²) in [5, 5.41) is 9.44. The van der Waals surface area contributed by atoms with E-state index in [4.69, 9.17) is 4.74 Å². The van der Waals surface area contributed by atoms with E-state index in [1.54, 1.807) is 0 Å². The van der Waals surface area contributed by atoms with Gasteiger partial charge >= 0.3 is 12.1 Å². The Bertz CT molecular complexity index is 510. The van der Waals surface area contributed by atoms with Crippen molar-refractivity contribution in [3.63, 3.8) is 0 Å². The minimum Gasteiger partial charge on any atom is -0.480 e. The van der Waals surface area contributed by atoms with Crippen molar-refractivity contribution >= 4 is 12.1 Å². The fraction of sp³-hybridized carbons (Fsp3) is 0.375. The molecule has 5 heteroatoms. The molecule has 1 N–H and O–H groups in total. The van der Waals surface area contributed by atoms with E-state index in [0.29, 0.717) is 0 Å². The van der Waals surface area contributed by atoms with E-state index >= 15 is 0 Å². The van der Waals surface area contributed by atoms with Crippen molar-refractivity contribution < 1.29 is 19.4 Å². The minimum absolute atomic E-state index is 0.0162.